The van der Waals surface area contributed by atoms with Gasteiger partial charge in [-0.05, 0) is 39.2 Å². The second kappa shape index (κ2) is 4.71. The Morgan fingerprint density at radius 1 is 1.26 bits per heavy atom. The van der Waals surface area contributed by atoms with Crippen LogP contribution in [0.2, 0.25) is 0 Å². The van der Waals surface area contributed by atoms with E-state index in [1.807, 2.05) is 12.1 Å². The van der Waals surface area contributed by atoms with Crippen LogP contribution in [-0.4, -0.2) is 17.7 Å². The van der Waals surface area contributed by atoms with Crippen molar-refractivity contribution in [3.63, 3.8) is 0 Å². The zero-order chi connectivity index (χ0) is 13.5. The molecule has 19 heavy (non-hydrogen) atoms. The average molecular weight is 261 g/mol. The van der Waals surface area contributed by atoms with Crippen molar-refractivity contribution in [3.8, 4) is 11.5 Å². The summed E-state index contributed by atoms with van der Waals surface area (Å²) in [5.41, 5.74) is 7.27. The third kappa shape index (κ3) is 2.57. The fourth-order valence-electron chi connectivity index (χ4n) is 3.12. The fourth-order valence-corrected chi connectivity index (χ4v) is 3.12. The lowest BCUT2D eigenvalue weighted by Crippen LogP contribution is -2.41. The van der Waals surface area contributed by atoms with Gasteiger partial charge >= 0.3 is 0 Å². The molecule has 1 heterocycles. The van der Waals surface area contributed by atoms with Crippen LogP contribution in [0.1, 0.15) is 45.1 Å². The van der Waals surface area contributed by atoms with Gasteiger partial charge in [-0.3, -0.25) is 0 Å². The molecule has 3 heteroatoms. The summed E-state index contributed by atoms with van der Waals surface area (Å²) >= 11 is 0. The molecular formula is C16H23NO2. The minimum absolute atomic E-state index is 0.128. The number of benzene rings is 1. The van der Waals surface area contributed by atoms with E-state index in [9.17, 15) is 0 Å². The van der Waals surface area contributed by atoms with Gasteiger partial charge in [0.05, 0.1) is 0 Å². The smallest absolute Gasteiger partial charge is 0.165 e. The van der Waals surface area contributed by atoms with E-state index < -0.39 is 0 Å². The van der Waals surface area contributed by atoms with Crippen LogP contribution in [0.25, 0.3) is 0 Å². The van der Waals surface area contributed by atoms with Gasteiger partial charge in [-0.15, -0.1) is 0 Å². The summed E-state index contributed by atoms with van der Waals surface area (Å²) in [5.74, 6) is 1.79. The molecule has 0 bridgehead atoms. The van der Waals surface area contributed by atoms with Crippen molar-refractivity contribution in [1.82, 2.24) is 0 Å². The number of ether oxygens (including phenoxy) is 2. The highest BCUT2D eigenvalue weighted by atomic mass is 16.5. The van der Waals surface area contributed by atoms with Crippen molar-refractivity contribution < 1.29 is 9.47 Å². The average Bonchev–Trinajstić information content (AvgIpc) is 2.67. The Labute approximate surface area is 115 Å². The van der Waals surface area contributed by atoms with Crippen molar-refractivity contribution in [2.45, 2.75) is 63.7 Å². The Hall–Kier alpha value is -1.22. The van der Waals surface area contributed by atoms with Crippen LogP contribution in [0, 0.1) is 0 Å². The first-order valence-corrected chi connectivity index (χ1v) is 7.28. The van der Waals surface area contributed by atoms with Crippen LogP contribution in [0.5, 0.6) is 11.5 Å². The molecule has 0 amide bonds. The largest absolute Gasteiger partial charge is 0.485 e. The maximum Gasteiger partial charge on any atom is 0.165 e. The van der Waals surface area contributed by atoms with Gasteiger partial charge in [0, 0.05) is 18.0 Å². The summed E-state index contributed by atoms with van der Waals surface area (Å²) in [6.07, 6.45) is 5.61. The summed E-state index contributed by atoms with van der Waals surface area (Å²) in [5, 5.41) is 0. The van der Waals surface area contributed by atoms with Gasteiger partial charge in [-0.2, -0.15) is 0 Å². The summed E-state index contributed by atoms with van der Waals surface area (Å²) in [6.45, 7) is 4.23. The molecule has 2 aliphatic rings. The van der Waals surface area contributed by atoms with Gasteiger partial charge in [0.15, 0.2) is 11.5 Å². The third-order valence-corrected chi connectivity index (χ3v) is 4.09. The number of para-hydroxylation sites is 1. The predicted octanol–water partition coefficient (Wildman–Crippen LogP) is 3.05. The van der Waals surface area contributed by atoms with E-state index in [2.05, 4.69) is 19.9 Å². The Balaban J connectivity index is 1.81. The van der Waals surface area contributed by atoms with Crippen LogP contribution in [-0.2, 0) is 6.42 Å². The molecule has 3 nitrogen and oxygen atoms in total. The second-order valence-electron chi connectivity index (χ2n) is 6.39. The first kappa shape index (κ1) is 12.8. The number of hydrogen-bond acceptors (Lipinski definition) is 3. The van der Waals surface area contributed by atoms with Crippen molar-refractivity contribution >= 4 is 0 Å². The first-order chi connectivity index (χ1) is 9.05. The predicted molar refractivity (Wildman–Crippen MR) is 75.7 cm³/mol. The molecule has 0 saturated heterocycles. The molecule has 104 valence electrons. The molecule has 1 aliphatic heterocycles. The first-order valence-electron chi connectivity index (χ1n) is 7.28. The second-order valence-corrected chi connectivity index (χ2v) is 6.39. The Bertz CT molecular complexity index is 470. The van der Waals surface area contributed by atoms with Crippen molar-refractivity contribution in [3.05, 3.63) is 23.8 Å². The molecule has 2 N–H and O–H groups in total. The van der Waals surface area contributed by atoms with E-state index in [0.717, 1.165) is 30.8 Å². The van der Waals surface area contributed by atoms with Crippen LogP contribution in [0.15, 0.2) is 18.2 Å². The summed E-state index contributed by atoms with van der Waals surface area (Å²) in [7, 11) is 0. The molecular weight excluding hydrogens is 238 g/mol. The van der Waals surface area contributed by atoms with Gasteiger partial charge < -0.3 is 15.2 Å². The van der Waals surface area contributed by atoms with Crippen LogP contribution < -0.4 is 15.2 Å². The quantitative estimate of drug-likeness (QED) is 0.890. The molecule has 2 unspecified atom stereocenters. The fraction of sp³-hybridized carbons (Fsp3) is 0.625. The van der Waals surface area contributed by atoms with E-state index in [4.69, 9.17) is 15.2 Å². The maximum atomic E-state index is 6.16. The highest BCUT2D eigenvalue weighted by molar-refractivity contribution is 5.50. The third-order valence-electron chi connectivity index (χ3n) is 4.09. The maximum absolute atomic E-state index is 6.16. The van der Waals surface area contributed by atoms with Gasteiger partial charge in [-0.25, -0.2) is 0 Å². The molecule has 1 saturated carbocycles. The van der Waals surface area contributed by atoms with Gasteiger partial charge in [-0.1, -0.05) is 18.6 Å². The van der Waals surface area contributed by atoms with E-state index in [-0.39, 0.29) is 17.7 Å². The highest BCUT2D eigenvalue weighted by Crippen LogP contribution is 2.42. The summed E-state index contributed by atoms with van der Waals surface area (Å²) in [6, 6.07) is 6.33. The molecule has 0 spiro atoms. The number of nitrogens with two attached hydrogens (primary N) is 1. The lowest BCUT2D eigenvalue weighted by Gasteiger charge is -2.29. The van der Waals surface area contributed by atoms with Gasteiger partial charge in [0.2, 0.25) is 0 Å². The standard InChI is InChI=1S/C16H23NO2/c1-16(2)10-11-6-5-9-14(15(11)19-16)18-13-8-4-3-7-12(13)17/h5-6,9,12-13H,3-4,7-8,10,17H2,1-2H3. The Kier molecular flexibility index (Phi) is 3.17. The van der Waals surface area contributed by atoms with Gasteiger partial charge in [0.25, 0.3) is 0 Å². The minimum Gasteiger partial charge on any atom is -0.485 e. The lowest BCUT2D eigenvalue weighted by atomic mass is 9.93. The zero-order valence-electron chi connectivity index (χ0n) is 11.8. The van der Waals surface area contributed by atoms with Gasteiger partial charge in [0.1, 0.15) is 11.7 Å². The van der Waals surface area contributed by atoms with Crippen LogP contribution in [0.4, 0.5) is 0 Å². The van der Waals surface area contributed by atoms with Crippen molar-refractivity contribution in [1.29, 1.82) is 0 Å². The summed E-state index contributed by atoms with van der Waals surface area (Å²) < 4.78 is 12.2. The molecule has 0 radical (unpaired) electrons. The zero-order valence-corrected chi connectivity index (χ0v) is 11.8. The Morgan fingerprint density at radius 2 is 2.05 bits per heavy atom. The molecule has 1 aromatic rings. The summed E-state index contributed by atoms with van der Waals surface area (Å²) in [4.78, 5) is 0. The van der Waals surface area contributed by atoms with Crippen molar-refractivity contribution in [2.24, 2.45) is 5.73 Å². The normalized spacial score (nSPS) is 28.6. The van der Waals surface area contributed by atoms with E-state index >= 15 is 0 Å². The monoisotopic (exact) mass is 261 g/mol. The minimum atomic E-state index is -0.128. The topological polar surface area (TPSA) is 44.5 Å². The molecule has 1 fully saturated rings. The number of rotatable bonds is 2. The van der Waals surface area contributed by atoms with E-state index in [0.29, 0.717) is 0 Å². The SMILES string of the molecule is CC1(C)Cc2cccc(OC3CCCCC3N)c2O1. The number of hydrogen-bond donors (Lipinski definition) is 1. The number of fused-ring (bicyclic) bond motifs is 1. The van der Waals surface area contributed by atoms with E-state index in [1.165, 1.54) is 18.4 Å². The molecule has 1 aromatic carbocycles. The lowest BCUT2D eigenvalue weighted by molar-refractivity contribution is 0.106. The molecule has 3 rings (SSSR count). The molecule has 2 atom stereocenters. The highest BCUT2D eigenvalue weighted by Gasteiger charge is 2.33. The molecule has 1 aliphatic carbocycles. The van der Waals surface area contributed by atoms with E-state index in [1.54, 1.807) is 0 Å². The Morgan fingerprint density at radius 3 is 2.84 bits per heavy atom. The van der Waals surface area contributed by atoms with Crippen molar-refractivity contribution in [2.75, 3.05) is 0 Å². The van der Waals surface area contributed by atoms with Crippen LogP contribution >= 0.6 is 0 Å². The van der Waals surface area contributed by atoms with Crippen LogP contribution in [0.3, 0.4) is 0 Å². The molecule has 0 aromatic heterocycles.